The number of carbonyl (C=O) groups is 1. The number of anilines is 1. The fourth-order valence-corrected chi connectivity index (χ4v) is 2.05. The summed E-state index contributed by atoms with van der Waals surface area (Å²) in [5.41, 5.74) is 2.89. The molecule has 1 fully saturated rings. The topological polar surface area (TPSA) is 50.4 Å². The number of benzene rings is 1. The maximum Gasteiger partial charge on any atom is 0.224 e. The minimum Gasteiger partial charge on any atom is -0.497 e. The van der Waals surface area contributed by atoms with E-state index in [-0.39, 0.29) is 11.9 Å². The smallest absolute Gasteiger partial charge is 0.224 e. The minimum absolute atomic E-state index is 0.0458. The van der Waals surface area contributed by atoms with Gasteiger partial charge in [0.2, 0.25) is 5.91 Å². The van der Waals surface area contributed by atoms with Crippen molar-refractivity contribution in [2.75, 3.05) is 12.4 Å². The first-order valence-electron chi connectivity index (χ1n) is 6.00. The quantitative estimate of drug-likeness (QED) is 0.859. The highest BCUT2D eigenvalue weighted by atomic mass is 16.5. The van der Waals surface area contributed by atoms with Gasteiger partial charge in [-0.1, -0.05) is 6.58 Å². The Balaban J connectivity index is 2.09. The van der Waals surface area contributed by atoms with Crippen LogP contribution in [-0.4, -0.2) is 19.1 Å². The van der Waals surface area contributed by atoms with Crippen LogP contribution >= 0.6 is 0 Å². The number of carbonyl (C=O) groups excluding carboxylic acids is 1. The minimum atomic E-state index is 0.0458. The summed E-state index contributed by atoms with van der Waals surface area (Å²) in [5.74, 6) is 0.887. The molecular weight excluding hydrogens is 228 g/mol. The van der Waals surface area contributed by atoms with E-state index < -0.39 is 0 Å². The van der Waals surface area contributed by atoms with Gasteiger partial charge in [0.05, 0.1) is 13.2 Å². The molecule has 0 spiro atoms. The van der Waals surface area contributed by atoms with E-state index in [0.717, 1.165) is 29.1 Å². The molecule has 18 heavy (non-hydrogen) atoms. The Morgan fingerprint density at radius 1 is 1.50 bits per heavy atom. The number of nitrogens with one attached hydrogen (secondary N) is 2. The molecule has 1 atom stereocenters. The molecule has 2 rings (SSSR count). The van der Waals surface area contributed by atoms with Gasteiger partial charge in [0.1, 0.15) is 5.75 Å². The predicted molar refractivity (Wildman–Crippen MR) is 71.7 cm³/mol. The standard InChI is InChI=1S/C14H18N2O2/c1-9-8-11(18-3)4-5-12(9)16-13-6-7-14(17)15-10(13)2/h4-5,8,13,16H,2,6-7H2,1,3H3,(H,15,17). The summed E-state index contributed by atoms with van der Waals surface area (Å²) in [4.78, 5) is 11.2. The van der Waals surface area contributed by atoms with Gasteiger partial charge in [-0.15, -0.1) is 0 Å². The highest BCUT2D eigenvalue weighted by Gasteiger charge is 2.21. The fraction of sp³-hybridized carbons (Fsp3) is 0.357. The van der Waals surface area contributed by atoms with E-state index in [9.17, 15) is 4.79 Å². The number of piperidine rings is 1. The third-order valence-electron chi connectivity index (χ3n) is 3.14. The van der Waals surface area contributed by atoms with Gasteiger partial charge in [0.25, 0.3) is 0 Å². The average molecular weight is 246 g/mol. The lowest BCUT2D eigenvalue weighted by molar-refractivity contribution is -0.121. The first-order valence-corrected chi connectivity index (χ1v) is 6.00. The van der Waals surface area contributed by atoms with Crippen molar-refractivity contribution in [1.29, 1.82) is 0 Å². The molecule has 1 aliphatic rings. The monoisotopic (exact) mass is 246 g/mol. The van der Waals surface area contributed by atoms with Crippen LogP contribution in [0.3, 0.4) is 0 Å². The van der Waals surface area contributed by atoms with E-state index >= 15 is 0 Å². The van der Waals surface area contributed by atoms with Crippen molar-refractivity contribution in [3.05, 3.63) is 36.0 Å². The Morgan fingerprint density at radius 2 is 2.28 bits per heavy atom. The van der Waals surface area contributed by atoms with Gasteiger partial charge in [0.15, 0.2) is 0 Å². The zero-order valence-electron chi connectivity index (χ0n) is 10.7. The third-order valence-corrected chi connectivity index (χ3v) is 3.14. The zero-order valence-corrected chi connectivity index (χ0v) is 10.7. The number of amides is 1. The number of aryl methyl sites for hydroxylation is 1. The lowest BCUT2D eigenvalue weighted by Crippen LogP contribution is -2.39. The van der Waals surface area contributed by atoms with Crippen LogP contribution < -0.4 is 15.4 Å². The highest BCUT2D eigenvalue weighted by Crippen LogP contribution is 2.24. The lowest BCUT2D eigenvalue weighted by Gasteiger charge is -2.27. The highest BCUT2D eigenvalue weighted by molar-refractivity contribution is 5.79. The number of hydrogen-bond acceptors (Lipinski definition) is 3. The first kappa shape index (κ1) is 12.5. The van der Waals surface area contributed by atoms with Crippen molar-refractivity contribution < 1.29 is 9.53 Å². The Kier molecular flexibility index (Phi) is 3.55. The summed E-state index contributed by atoms with van der Waals surface area (Å²) < 4.78 is 5.17. The van der Waals surface area contributed by atoms with E-state index in [1.54, 1.807) is 7.11 Å². The van der Waals surface area contributed by atoms with E-state index in [0.29, 0.717) is 6.42 Å². The Morgan fingerprint density at radius 3 is 2.89 bits per heavy atom. The van der Waals surface area contributed by atoms with Crippen LogP contribution in [0.25, 0.3) is 0 Å². The molecule has 0 aliphatic carbocycles. The molecular formula is C14H18N2O2. The van der Waals surface area contributed by atoms with Crippen LogP contribution in [-0.2, 0) is 4.79 Å². The molecule has 1 saturated heterocycles. The van der Waals surface area contributed by atoms with E-state index in [2.05, 4.69) is 17.2 Å². The second-order valence-corrected chi connectivity index (χ2v) is 4.49. The van der Waals surface area contributed by atoms with Crippen LogP contribution in [0.4, 0.5) is 5.69 Å². The molecule has 4 heteroatoms. The van der Waals surface area contributed by atoms with Gasteiger partial charge in [-0.25, -0.2) is 0 Å². The van der Waals surface area contributed by atoms with E-state index in [1.807, 2.05) is 25.1 Å². The van der Waals surface area contributed by atoms with Crippen LogP contribution in [0, 0.1) is 6.92 Å². The van der Waals surface area contributed by atoms with Crippen molar-refractivity contribution in [3.8, 4) is 5.75 Å². The SMILES string of the molecule is C=C1NC(=O)CCC1Nc1ccc(OC)cc1C. The molecule has 1 amide bonds. The third kappa shape index (κ3) is 2.64. The summed E-state index contributed by atoms with van der Waals surface area (Å²) in [6, 6.07) is 5.97. The summed E-state index contributed by atoms with van der Waals surface area (Å²) in [5, 5.41) is 6.17. The molecule has 4 nitrogen and oxygen atoms in total. The molecule has 1 heterocycles. The van der Waals surface area contributed by atoms with Crippen LogP contribution in [0.5, 0.6) is 5.75 Å². The first-order chi connectivity index (χ1) is 8.60. The second kappa shape index (κ2) is 5.12. The number of ether oxygens (including phenoxy) is 1. The predicted octanol–water partition coefficient (Wildman–Crippen LogP) is 2.21. The van der Waals surface area contributed by atoms with Crippen molar-refractivity contribution >= 4 is 11.6 Å². The van der Waals surface area contributed by atoms with Crippen molar-refractivity contribution in [2.24, 2.45) is 0 Å². The summed E-state index contributed by atoms with van der Waals surface area (Å²) in [6.07, 6.45) is 1.31. The Hall–Kier alpha value is -1.97. The molecule has 96 valence electrons. The zero-order chi connectivity index (χ0) is 13.1. The number of rotatable bonds is 3. The van der Waals surface area contributed by atoms with Crippen molar-refractivity contribution in [2.45, 2.75) is 25.8 Å². The van der Waals surface area contributed by atoms with E-state index in [4.69, 9.17) is 4.74 Å². The van der Waals surface area contributed by atoms with Gasteiger partial charge >= 0.3 is 0 Å². The van der Waals surface area contributed by atoms with Crippen LogP contribution in [0.1, 0.15) is 18.4 Å². The summed E-state index contributed by atoms with van der Waals surface area (Å²) in [7, 11) is 1.65. The van der Waals surface area contributed by atoms with E-state index in [1.165, 1.54) is 0 Å². The summed E-state index contributed by atoms with van der Waals surface area (Å²) >= 11 is 0. The summed E-state index contributed by atoms with van der Waals surface area (Å²) in [6.45, 7) is 5.91. The molecule has 1 unspecified atom stereocenters. The molecule has 1 aliphatic heterocycles. The maximum atomic E-state index is 11.2. The second-order valence-electron chi connectivity index (χ2n) is 4.49. The van der Waals surface area contributed by atoms with Gasteiger partial charge in [-0.2, -0.15) is 0 Å². The number of methoxy groups -OCH3 is 1. The van der Waals surface area contributed by atoms with Crippen molar-refractivity contribution in [1.82, 2.24) is 5.32 Å². The largest absolute Gasteiger partial charge is 0.497 e. The molecule has 0 aromatic heterocycles. The Bertz CT molecular complexity index is 483. The average Bonchev–Trinajstić information content (AvgIpc) is 2.34. The van der Waals surface area contributed by atoms with Gasteiger partial charge in [-0.05, 0) is 37.1 Å². The van der Waals surface area contributed by atoms with Gasteiger partial charge in [0, 0.05) is 17.8 Å². The Labute approximate surface area is 107 Å². The maximum absolute atomic E-state index is 11.2. The molecule has 0 saturated carbocycles. The van der Waals surface area contributed by atoms with Crippen LogP contribution in [0.15, 0.2) is 30.5 Å². The number of hydrogen-bond donors (Lipinski definition) is 2. The fourth-order valence-electron chi connectivity index (χ4n) is 2.05. The normalized spacial score (nSPS) is 19.3. The van der Waals surface area contributed by atoms with Gasteiger partial charge < -0.3 is 15.4 Å². The molecule has 2 N–H and O–H groups in total. The lowest BCUT2D eigenvalue weighted by atomic mass is 10.0. The molecule has 0 bridgehead atoms. The van der Waals surface area contributed by atoms with Gasteiger partial charge in [-0.3, -0.25) is 4.79 Å². The molecule has 0 radical (unpaired) electrons. The van der Waals surface area contributed by atoms with Crippen molar-refractivity contribution in [3.63, 3.8) is 0 Å². The molecule has 1 aromatic rings. The van der Waals surface area contributed by atoms with Crippen LogP contribution in [0.2, 0.25) is 0 Å². The molecule has 1 aromatic carbocycles.